The number of rotatable bonds is 4. The van der Waals surface area contributed by atoms with E-state index in [-0.39, 0.29) is 5.75 Å². The molecule has 6 heteroatoms. The fraction of sp³-hybridized carbons (Fsp3) is 0.278. The number of aromatic hydroxyl groups is 1. The van der Waals surface area contributed by atoms with E-state index >= 15 is 0 Å². The van der Waals surface area contributed by atoms with E-state index in [1.807, 2.05) is 24.3 Å². The largest absolute Gasteiger partial charge is 0.506 e. The van der Waals surface area contributed by atoms with Crippen LogP contribution in [0.2, 0.25) is 0 Å². The lowest BCUT2D eigenvalue weighted by atomic mass is 10.2. The Kier molecular flexibility index (Phi) is 4.04. The quantitative estimate of drug-likeness (QED) is 0.581. The second-order valence-electron chi connectivity index (χ2n) is 6.13. The lowest BCUT2D eigenvalue weighted by Crippen LogP contribution is -2.02. The number of methoxy groups -OCH3 is 1. The molecule has 1 fully saturated rings. The van der Waals surface area contributed by atoms with Gasteiger partial charge in [0.2, 0.25) is 0 Å². The molecule has 0 radical (unpaired) electrons. The number of benzene rings is 2. The maximum Gasteiger partial charge on any atom is 0.143 e. The van der Waals surface area contributed by atoms with E-state index in [4.69, 9.17) is 9.72 Å². The Hall–Kier alpha value is -1.53. The number of imidazole rings is 1. The topological polar surface area (TPSA) is 47.3 Å². The van der Waals surface area contributed by atoms with E-state index in [9.17, 15) is 5.11 Å². The fourth-order valence-electron chi connectivity index (χ4n) is 2.89. The van der Waals surface area contributed by atoms with Gasteiger partial charge < -0.3 is 14.4 Å². The number of aromatic nitrogens is 2. The molecular weight excluding hydrogens is 436 g/mol. The van der Waals surface area contributed by atoms with Crippen molar-refractivity contribution in [2.75, 3.05) is 7.11 Å². The molecule has 24 heavy (non-hydrogen) atoms. The molecule has 0 saturated heterocycles. The average Bonchev–Trinajstić information content (AvgIpc) is 3.32. The summed E-state index contributed by atoms with van der Waals surface area (Å²) >= 11 is 6.82. The SMILES string of the molecule is COc1ccc2c(c1)nc(-c1cc(Br)c(O)c(Br)c1)n2CC1CC1. The van der Waals surface area contributed by atoms with Crippen LogP contribution in [-0.2, 0) is 6.54 Å². The Labute approximate surface area is 156 Å². The molecule has 124 valence electrons. The molecule has 0 bridgehead atoms. The number of hydrogen-bond acceptors (Lipinski definition) is 3. The lowest BCUT2D eigenvalue weighted by Gasteiger charge is -2.10. The highest BCUT2D eigenvalue weighted by Gasteiger charge is 2.25. The zero-order valence-corrected chi connectivity index (χ0v) is 16.3. The summed E-state index contributed by atoms with van der Waals surface area (Å²) in [5.41, 5.74) is 2.99. The van der Waals surface area contributed by atoms with Gasteiger partial charge in [0.15, 0.2) is 0 Å². The third kappa shape index (κ3) is 2.82. The van der Waals surface area contributed by atoms with Crippen LogP contribution in [0, 0.1) is 5.92 Å². The minimum absolute atomic E-state index is 0.199. The summed E-state index contributed by atoms with van der Waals surface area (Å²) in [6, 6.07) is 9.81. The van der Waals surface area contributed by atoms with Gasteiger partial charge in [-0.1, -0.05) is 0 Å². The van der Waals surface area contributed by atoms with E-state index in [1.165, 1.54) is 12.8 Å². The molecule has 0 atom stereocenters. The summed E-state index contributed by atoms with van der Waals surface area (Å²) in [5.74, 6) is 2.64. The molecule has 0 aliphatic heterocycles. The Balaban J connectivity index is 1.92. The smallest absolute Gasteiger partial charge is 0.143 e. The first kappa shape index (κ1) is 16.0. The zero-order chi connectivity index (χ0) is 16.8. The molecule has 1 N–H and O–H groups in total. The van der Waals surface area contributed by atoms with Crippen LogP contribution in [0.1, 0.15) is 12.8 Å². The maximum atomic E-state index is 9.97. The van der Waals surface area contributed by atoms with Gasteiger partial charge in [-0.3, -0.25) is 0 Å². The van der Waals surface area contributed by atoms with Gasteiger partial charge >= 0.3 is 0 Å². The Morgan fingerprint density at radius 1 is 1.21 bits per heavy atom. The van der Waals surface area contributed by atoms with Crippen LogP contribution in [0.15, 0.2) is 39.3 Å². The van der Waals surface area contributed by atoms with Gasteiger partial charge in [-0.2, -0.15) is 0 Å². The van der Waals surface area contributed by atoms with Gasteiger partial charge in [-0.25, -0.2) is 4.98 Å². The highest BCUT2D eigenvalue weighted by atomic mass is 79.9. The van der Waals surface area contributed by atoms with Crippen LogP contribution < -0.4 is 4.74 Å². The van der Waals surface area contributed by atoms with E-state index < -0.39 is 0 Å². The molecule has 0 unspecified atom stereocenters. The predicted octanol–water partition coefficient (Wildman–Crippen LogP) is 5.35. The first-order chi connectivity index (χ1) is 11.6. The summed E-state index contributed by atoms with van der Waals surface area (Å²) in [6.07, 6.45) is 2.55. The van der Waals surface area contributed by atoms with E-state index in [0.717, 1.165) is 40.6 Å². The van der Waals surface area contributed by atoms with Crippen molar-refractivity contribution < 1.29 is 9.84 Å². The van der Waals surface area contributed by atoms with Crippen LogP contribution >= 0.6 is 31.9 Å². The zero-order valence-electron chi connectivity index (χ0n) is 13.1. The van der Waals surface area contributed by atoms with Crippen molar-refractivity contribution in [3.8, 4) is 22.9 Å². The second kappa shape index (κ2) is 6.08. The molecule has 3 aromatic rings. The van der Waals surface area contributed by atoms with Crippen LogP contribution in [-0.4, -0.2) is 21.8 Å². The van der Waals surface area contributed by atoms with Gasteiger partial charge in [0, 0.05) is 18.2 Å². The number of halogens is 2. The monoisotopic (exact) mass is 450 g/mol. The maximum absolute atomic E-state index is 9.97. The van der Waals surface area contributed by atoms with E-state index in [2.05, 4.69) is 42.5 Å². The third-order valence-corrected chi connectivity index (χ3v) is 5.58. The Morgan fingerprint density at radius 2 is 1.92 bits per heavy atom. The number of ether oxygens (including phenoxy) is 1. The average molecular weight is 452 g/mol. The summed E-state index contributed by atoms with van der Waals surface area (Å²) in [5, 5.41) is 9.97. The van der Waals surface area contributed by atoms with E-state index in [0.29, 0.717) is 8.95 Å². The van der Waals surface area contributed by atoms with Crippen LogP contribution in [0.25, 0.3) is 22.4 Å². The molecule has 1 aliphatic rings. The second-order valence-corrected chi connectivity index (χ2v) is 7.84. The fourth-order valence-corrected chi connectivity index (χ4v) is 4.08. The van der Waals surface area contributed by atoms with Crippen molar-refractivity contribution >= 4 is 42.9 Å². The molecule has 1 heterocycles. The summed E-state index contributed by atoms with van der Waals surface area (Å²) in [7, 11) is 1.66. The van der Waals surface area contributed by atoms with Gasteiger partial charge in [-0.15, -0.1) is 0 Å². The summed E-state index contributed by atoms with van der Waals surface area (Å²) in [4.78, 5) is 4.84. The lowest BCUT2D eigenvalue weighted by molar-refractivity contribution is 0.415. The number of phenolic OH excluding ortho intramolecular Hbond substituents is 1. The number of nitrogens with zero attached hydrogens (tertiary/aromatic N) is 2. The standard InChI is InChI=1S/C18H16Br2N2O2/c1-24-12-4-5-16-15(8-12)21-18(22(16)9-10-2-3-10)11-6-13(19)17(23)14(20)7-11/h4-8,10,23H,2-3,9H2,1H3. The van der Waals surface area contributed by atoms with Crippen molar-refractivity contribution in [2.45, 2.75) is 19.4 Å². The van der Waals surface area contributed by atoms with Crippen molar-refractivity contribution in [3.05, 3.63) is 39.3 Å². The first-order valence-electron chi connectivity index (χ1n) is 7.79. The molecule has 0 spiro atoms. The van der Waals surface area contributed by atoms with Gasteiger partial charge in [0.1, 0.15) is 17.3 Å². The van der Waals surface area contributed by atoms with Crippen molar-refractivity contribution in [3.63, 3.8) is 0 Å². The van der Waals surface area contributed by atoms with Gasteiger partial charge in [0.05, 0.1) is 27.1 Å². The predicted molar refractivity (Wildman–Crippen MR) is 102 cm³/mol. The van der Waals surface area contributed by atoms with Crippen molar-refractivity contribution in [1.82, 2.24) is 9.55 Å². The minimum Gasteiger partial charge on any atom is -0.506 e. The normalized spacial score (nSPS) is 14.3. The Morgan fingerprint density at radius 3 is 2.54 bits per heavy atom. The number of fused-ring (bicyclic) bond motifs is 1. The summed E-state index contributed by atoms with van der Waals surface area (Å²) in [6.45, 7) is 0.967. The molecule has 1 aromatic heterocycles. The van der Waals surface area contributed by atoms with Crippen molar-refractivity contribution in [1.29, 1.82) is 0 Å². The highest BCUT2D eigenvalue weighted by molar-refractivity contribution is 9.11. The Bertz CT molecular complexity index is 909. The first-order valence-corrected chi connectivity index (χ1v) is 9.38. The number of hydrogen-bond donors (Lipinski definition) is 1. The molecule has 1 aliphatic carbocycles. The van der Waals surface area contributed by atoms with Gasteiger partial charge in [0.25, 0.3) is 0 Å². The molecule has 4 nitrogen and oxygen atoms in total. The van der Waals surface area contributed by atoms with Crippen LogP contribution in [0.4, 0.5) is 0 Å². The molecule has 0 amide bonds. The van der Waals surface area contributed by atoms with Crippen LogP contribution in [0.3, 0.4) is 0 Å². The van der Waals surface area contributed by atoms with E-state index in [1.54, 1.807) is 7.11 Å². The summed E-state index contributed by atoms with van der Waals surface area (Å²) < 4.78 is 8.90. The highest BCUT2D eigenvalue weighted by Crippen LogP contribution is 2.39. The third-order valence-electron chi connectivity index (χ3n) is 4.37. The van der Waals surface area contributed by atoms with Crippen molar-refractivity contribution in [2.24, 2.45) is 5.92 Å². The van der Waals surface area contributed by atoms with Crippen LogP contribution in [0.5, 0.6) is 11.5 Å². The minimum atomic E-state index is 0.199. The van der Waals surface area contributed by atoms with Gasteiger partial charge in [-0.05, 0) is 74.9 Å². The molecule has 4 rings (SSSR count). The molecular formula is C18H16Br2N2O2. The molecule has 1 saturated carbocycles. The number of phenols is 1. The molecule has 2 aromatic carbocycles.